The lowest BCUT2D eigenvalue weighted by molar-refractivity contribution is 0.0927. The van der Waals surface area contributed by atoms with Crippen LogP contribution in [0.25, 0.3) is 17.1 Å². The highest BCUT2D eigenvalue weighted by molar-refractivity contribution is 6.30. The molecule has 26 heavy (non-hydrogen) atoms. The SMILES string of the molecule is COCCNC(=O)c1nc(-c2cccc(Cl)c2)n(-c2cccc(C)c2)n1. The van der Waals surface area contributed by atoms with Gasteiger partial charge < -0.3 is 10.1 Å². The minimum atomic E-state index is -0.350. The van der Waals surface area contributed by atoms with E-state index in [9.17, 15) is 4.79 Å². The highest BCUT2D eigenvalue weighted by Crippen LogP contribution is 2.24. The topological polar surface area (TPSA) is 69.0 Å². The van der Waals surface area contributed by atoms with Crippen molar-refractivity contribution in [3.8, 4) is 17.1 Å². The molecule has 0 saturated heterocycles. The van der Waals surface area contributed by atoms with Crippen LogP contribution in [-0.4, -0.2) is 40.9 Å². The Kier molecular flexibility index (Phi) is 5.65. The van der Waals surface area contributed by atoms with Crippen molar-refractivity contribution >= 4 is 17.5 Å². The van der Waals surface area contributed by atoms with Crippen molar-refractivity contribution in [1.82, 2.24) is 20.1 Å². The van der Waals surface area contributed by atoms with Crippen LogP contribution in [0.4, 0.5) is 0 Å². The summed E-state index contributed by atoms with van der Waals surface area (Å²) in [6.45, 7) is 2.81. The molecule has 0 atom stereocenters. The molecule has 0 aliphatic carbocycles. The third-order valence-electron chi connectivity index (χ3n) is 3.73. The fourth-order valence-electron chi connectivity index (χ4n) is 2.51. The lowest BCUT2D eigenvalue weighted by Crippen LogP contribution is -2.28. The number of methoxy groups -OCH3 is 1. The first-order chi connectivity index (χ1) is 12.6. The quantitative estimate of drug-likeness (QED) is 0.676. The van der Waals surface area contributed by atoms with Gasteiger partial charge in [-0.1, -0.05) is 35.9 Å². The molecule has 0 spiro atoms. The van der Waals surface area contributed by atoms with E-state index in [1.807, 2.05) is 43.3 Å². The fraction of sp³-hybridized carbons (Fsp3) is 0.211. The summed E-state index contributed by atoms with van der Waals surface area (Å²) in [4.78, 5) is 16.8. The average Bonchev–Trinajstić information content (AvgIpc) is 3.07. The minimum Gasteiger partial charge on any atom is -0.383 e. The summed E-state index contributed by atoms with van der Waals surface area (Å²) in [7, 11) is 1.58. The Labute approximate surface area is 156 Å². The minimum absolute atomic E-state index is 0.0950. The number of benzene rings is 2. The van der Waals surface area contributed by atoms with Crippen molar-refractivity contribution < 1.29 is 9.53 Å². The molecule has 3 aromatic rings. The molecule has 0 bridgehead atoms. The van der Waals surface area contributed by atoms with Crippen LogP contribution in [0, 0.1) is 6.92 Å². The number of carbonyl (C=O) groups excluding carboxylic acids is 1. The largest absolute Gasteiger partial charge is 0.383 e. The number of hydrogen-bond donors (Lipinski definition) is 1. The Morgan fingerprint density at radius 2 is 2.04 bits per heavy atom. The molecule has 1 aromatic heterocycles. The van der Waals surface area contributed by atoms with Crippen LogP contribution >= 0.6 is 11.6 Å². The second-order valence-electron chi connectivity index (χ2n) is 5.77. The van der Waals surface area contributed by atoms with Crippen molar-refractivity contribution in [3.05, 3.63) is 64.9 Å². The lowest BCUT2D eigenvalue weighted by Gasteiger charge is -2.07. The third-order valence-corrected chi connectivity index (χ3v) is 3.97. The van der Waals surface area contributed by atoms with E-state index in [1.54, 1.807) is 23.9 Å². The third kappa shape index (κ3) is 4.09. The normalized spacial score (nSPS) is 10.7. The second kappa shape index (κ2) is 8.12. The first-order valence-electron chi connectivity index (χ1n) is 8.15. The van der Waals surface area contributed by atoms with Crippen LogP contribution in [0.3, 0.4) is 0 Å². The van der Waals surface area contributed by atoms with Gasteiger partial charge in [-0.15, -0.1) is 5.10 Å². The monoisotopic (exact) mass is 370 g/mol. The molecule has 0 fully saturated rings. The van der Waals surface area contributed by atoms with E-state index >= 15 is 0 Å². The molecule has 6 nitrogen and oxygen atoms in total. The number of rotatable bonds is 6. The summed E-state index contributed by atoms with van der Waals surface area (Å²) in [5.74, 6) is 0.296. The fourth-order valence-corrected chi connectivity index (χ4v) is 2.70. The molecule has 3 rings (SSSR count). The van der Waals surface area contributed by atoms with Crippen LogP contribution in [-0.2, 0) is 4.74 Å². The summed E-state index contributed by atoms with van der Waals surface area (Å²) in [6, 6.07) is 15.1. The van der Waals surface area contributed by atoms with Gasteiger partial charge in [-0.05, 0) is 36.8 Å². The molecule has 1 N–H and O–H groups in total. The van der Waals surface area contributed by atoms with Gasteiger partial charge in [-0.2, -0.15) is 0 Å². The van der Waals surface area contributed by atoms with Gasteiger partial charge in [-0.3, -0.25) is 4.79 Å². The van der Waals surface area contributed by atoms with Gasteiger partial charge in [0.05, 0.1) is 12.3 Å². The van der Waals surface area contributed by atoms with E-state index < -0.39 is 0 Å². The number of aromatic nitrogens is 3. The van der Waals surface area contributed by atoms with Gasteiger partial charge in [-0.25, -0.2) is 9.67 Å². The molecule has 0 unspecified atom stereocenters. The van der Waals surface area contributed by atoms with E-state index in [4.69, 9.17) is 16.3 Å². The van der Waals surface area contributed by atoms with Crippen molar-refractivity contribution in [2.75, 3.05) is 20.3 Å². The molecule has 1 heterocycles. The average molecular weight is 371 g/mol. The molecular weight excluding hydrogens is 352 g/mol. The zero-order chi connectivity index (χ0) is 18.5. The van der Waals surface area contributed by atoms with Gasteiger partial charge in [0, 0.05) is 24.2 Å². The zero-order valence-electron chi connectivity index (χ0n) is 14.6. The molecular formula is C19H19ClN4O2. The molecule has 134 valence electrons. The Morgan fingerprint density at radius 1 is 1.23 bits per heavy atom. The van der Waals surface area contributed by atoms with E-state index in [2.05, 4.69) is 15.4 Å². The van der Waals surface area contributed by atoms with Crippen LogP contribution < -0.4 is 5.32 Å². The highest BCUT2D eigenvalue weighted by Gasteiger charge is 2.18. The van der Waals surface area contributed by atoms with Crippen LogP contribution in [0.1, 0.15) is 16.2 Å². The highest BCUT2D eigenvalue weighted by atomic mass is 35.5. The zero-order valence-corrected chi connectivity index (χ0v) is 15.3. The standard InChI is InChI=1S/C19H19ClN4O2/c1-13-5-3-8-16(11-13)24-18(14-6-4-7-15(20)12-14)22-17(23-24)19(25)21-9-10-26-2/h3-8,11-12H,9-10H2,1-2H3,(H,21,25). The van der Waals surface area contributed by atoms with Crippen LogP contribution in [0.2, 0.25) is 5.02 Å². The van der Waals surface area contributed by atoms with Gasteiger partial charge in [0.15, 0.2) is 5.82 Å². The molecule has 1 amide bonds. The van der Waals surface area contributed by atoms with Crippen molar-refractivity contribution in [2.45, 2.75) is 6.92 Å². The summed E-state index contributed by atoms with van der Waals surface area (Å²) in [6.07, 6.45) is 0. The number of ether oxygens (including phenoxy) is 1. The maximum Gasteiger partial charge on any atom is 0.291 e. The first kappa shape index (κ1) is 18.1. The number of carbonyl (C=O) groups is 1. The number of nitrogens with one attached hydrogen (secondary N) is 1. The van der Waals surface area contributed by atoms with Crippen LogP contribution in [0.5, 0.6) is 0 Å². The Hall–Kier alpha value is -2.70. The smallest absolute Gasteiger partial charge is 0.291 e. The number of hydrogen-bond acceptors (Lipinski definition) is 4. The van der Waals surface area contributed by atoms with Gasteiger partial charge >= 0.3 is 0 Å². The molecule has 7 heteroatoms. The molecule has 0 aliphatic rings. The Balaban J connectivity index is 2.04. The maximum atomic E-state index is 12.4. The molecule has 0 saturated carbocycles. The predicted octanol–water partition coefficient (Wildman–Crippen LogP) is 3.27. The van der Waals surface area contributed by atoms with Gasteiger partial charge in [0.2, 0.25) is 5.82 Å². The number of halogens is 1. The summed E-state index contributed by atoms with van der Waals surface area (Å²) < 4.78 is 6.60. The first-order valence-corrected chi connectivity index (χ1v) is 8.53. The molecule has 0 radical (unpaired) electrons. The molecule has 2 aromatic carbocycles. The van der Waals surface area contributed by atoms with E-state index in [1.165, 1.54) is 0 Å². The van der Waals surface area contributed by atoms with Crippen LogP contribution in [0.15, 0.2) is 48.5 Å². The van der Waals surface area contributed by atoms with Crippen molar-refractivity contribution in [1.29, 1.82) is 0 Å². The maximum absolute atomic E-state index is 12.4. The summed E-state index contributed by atoms with van der Waals surface area (Å²) in [5, 5.41) is 7.74. The lowest BCUT2D eigenvalue weighted by atomic mass is 10.2. The Bertz CT molecular complexity index is 860. The van der Waals surface area contributed by atoms with Crippen molar-refractivity contribution in [2.24, 2.45) is 0 Å². The number of amides is 1. The number of aryl methyl sites for hydroxylation is 1. The van der Waals surface area contributed by atoms with E-state index in [-0.39, 0.29) is 11.7 Å². The van der Waals surface area contributed by atoms with Crippen molar-refractivity contribution in [3.63, 3.8) is 0 Å². The number of nitrogens with zero attached hydrogens (tertiary/aromatic N) is 3. The van der Waals surface area contributed by atoms with Gasteiger partial charge in [0.25, 0.3) is 5.91 Å². The van der Waals surface area contributed by atoms with E-state index in [0.29, 0.717) is 24.0 Å². The Morgan fingerprint density at radius 3 is 2.77 bits per heavy atom. The summed E-state index contributed by atoms with van der Waals surface area (Å²) >= 11 is 6.12. The molecule has 0 aliphatic heterocycles. The van der Waals surface area contributed by atoms with Gasteiger partial charge in [0.1, 0.15) is 0 Å². The predicted molar refractivity (Wildman–Crippen MR) is 101 cm³/mol. The van der Waals surface area contributed by atoms with E-state index in [0.717, 1.165) is 16.8 Å². The second-order valence-corrected chi connectivity index (χ2v) is 6.21. The summed E-state index contributed by atoms with van der Waals surface area (Å²) in [5.41, 5.74) is 2.69.